The number of halogens is 4. The van der Waals surface area contributed by atoms with E-state index in [0.29, 0.717) is 0 Å². The van der Waals surface area contributed by atoms with Gasteiger partial charge in [0.1, 0.15) is 0 Å². The Morgan fingerprint density at radius 2 is 1.70 bits per heavy atom. The Morgan fingerprint density at radius 1 is 1.30 bits per heavy atom. The summed E-state index contributed by atoms with van der Waals surface area (Å²) in [5, 5.41) is 0. The molecule has 0 rings (SSSR count). The lowest BCUT2D eigenvalue weighted by atomic mass is 10.5. The van der Waals surface area contributed by atoms with Gasteiger partial charge in [-0.25, -0.2) is 8.42 Å². The molecule has 0 radical (unpaired) electrons. The standard InChI is InChI=1S/C3H4BrF3O2S/c4-10(8,9)2-1-3(5,6)7/h1-2H2. The SMILES string of the molecule is O=S(=O)(Br)CCC(F)(F)F. The van der Waals surface area contributed by atoms with Crippen LogP contribution in [-0.4, -0.2) is 20.3 Å². The van der Waals surface area contributed by atoms with Gasteiger partial charge in [-0.05, 0) is 0 Å². The quantitative estimate of drug-likeness (QED) is 0.689. The monoisotopic (exact) mass is 240 g/mol. The van der Waals surface area contributed by atoms with Crippen LogP contribution in [-0.2, 0) is 8.27 Å². The van der Waals surface area contributed by atoms with Crippen LogP contribution in [0, 0.1) is 0 Å². The van der Waals surface area contributed by atoms with Crippen LogP contribution in [0.5, 0.6) is 0 Å². The second kappa shape index (κ2) is 3.08. The first-order valence-corrected chi connectivity index (χ1v) is 5.69. The molecule has 0 amide bonds. The van der Waals surface area contributed by atoms with E-state index in [9.17, 15) is 21.6 Å². The minimum absolute atomic E-state index is 0.906. The van der Waals surface area contributed by atoms with E-state index >= 15 is 0 Å². The van der Waals surface area contributed by atoms with Crippen molar-refractivity contribution in [1.29, 1.82) is 0 Å². The zero-order valence-electron chi connectivity index (χ0n) is 4.65. The molecular formula is C3H4BrF3O2S. The van der Waals surface area contributed by atoms with Crippen LogP contribution in [0.1, 0.15) is 6.42 Å². The van der Waals surface area contributed by atoms with E-state index in [1.54, 1.807) is 0 Å². The van der Waals surface area contributed by atoms with Crippen molar-refractivity contribution >= 4 is 23.1 Å². The zero-order valence-corrected chi connectivity index (χ0v) is 7.05. The molecule has 0 saturated heterocycles. The molecule has 0 atom stereocenters. The Hall–Kier alpha value is 0.220. The fourth-order valence-electron chi connectivity index (χ4n) is 0.238. The van der Waals surface area contributed by atoms with Crippen molar-refractivity contribution in [3.63, 3.8) is 0 Å². The molecule has 0 aromatic carbocycles. The molecule has 62 valence electrons. The minimum atomic E-state index is -4.40. The van der Waals surface area contributed by atoms with Crippen LogP contribution in [0.15, 0.2) is 0 Å². The zero-order chi connectivity index (χ0) is 8.41. The van der Waals surface area contributed by atoms with E-state index in [4.69, 9.17) is 0 Å². The normalized spacial score (nSPS) is 13.6. The maximum absolute atomic E-state index is 11.3. The van der Waals surface area contributed by atoms with Gasteiger partial charge in [0.05, 0.1) is 27.0 Å². The summed E-state index contributed by atoms with van der Waals surface area (Å²) in [5.74, 6) is -0.906. The number of hydrogen-bond donors (Lipinski definition) is 0. The summed E-state index contributed by atoms with van der Waals surface area (Å²) >= 11 is 2.10. The highest BCUT2D eigenvalue weighted by atomic mass is 79.9. The second-order valence-corrected chi connectivity index (χ2v) is 6.05. The van der Waals surface area contributed by atoms with E-state index in [1.807, 2.05) is 0 Å². The van der Waals surface area contributed by atoms with Crippen molar-refractivity contribution in [2.24, 2.45) is 0 Å². The van der Waals surface area contributed by atoms with Gasteiger partial charge >= 0.3 is 6.18 Å². The average molecular weight is 241 g/mol. The molecule has 0 aliphatic rings. The minimum Gasteiger partial charge on any atom is -0.217 e. The molecule has 0 aliphatic carbocycles. The van der Waals surface area contributed by atoms with Crippen LogP contribution in [0.25, 0.3) is 0 Å². The van der Waals surface area contributed by atoms with E-state index < -0.39 is 26.6 Å². The summed E-state index contributed by atoms with van der Waals surface area (Å²) in [4.78, 5) is 0. The molecule has 0 spiro atoms. The maximum atomic E-state index is 11.3. The Bertz CT molecular complexity index is 194. The van der Waals surface area contributed by atoms with Gasteiger partial charge in [0.2, 0.25) is 8.27 Å². The van der Waals surface area contributed by atoms with Crippen molar-refractivity contribution < 1.29 is 21.6 Å². The predicted molar refractivity (Wildman–Crippen MR) is 33.4 cm³/mol. The van der Waals surface area contributed by atoms with Gasteiger partial charge in [0.25, 0.3) is 0 Å². The first-order chi connectivity index (χ1) is 4.21. The van der Waals surface area contributed by atoms with Crippen LogP contribution < -0.4 is 0 Å². The molecule has 10 heavy (non-hydrogen) atoms. The van der Waals surface area contributed by atoms with E-state index in [-0.39, 0.29) is 0 Å². The van der Waals surface area contributed by atoms with Gasteiger partial charge in [-0.3, -0.25) is 0 Å². The van der Waals surface area contributed by atoms with Crippen molar-refractivity contribution in [2.45, 2.75) is 12.6 Å². The molecular weight excluding hydrogens is 237 g/mol. The first-order valence-electron chi connectivity index (χ1n) is 2.20. The lowest BCUT2D eigenvalue weighted by Gasteiger charge is -2.02. The molecule has 0 aromatic rings. The molecule has 0 N–H and O–H groups in total. The lowest BCUT2D eigenvalue weighted by molar-refractivity contribution is -0.129. The Balaban J connectivity index is 3.79. The maximum Gasteiger partial charge on any atom is 0.390 e. The molecule has 7 heteroatoms. The molecule has 0 fully saturated rings. The van der Waals surface area contributed by atoms with Crippen LogP contribution in [0.4, 0.5) is 13.2 Å². The molecule has 2 nitrogen and oxygen atoms in total. The first kappa shape index (κ1) is 10.2. The highest BCUT2D eigenvalue weighted by molar-refractivity contribution is 9.47. The Labute approximate surface area is 63.5 Å². The summed E-state index contributed by atoms with van der Waals surface area (Å²) in [6.07, 6.45) is -5.71. The molecule has 0 aromatic heterocycles. The summed E-state index contributed by atoms with van der Waals surface area (Å²) in [6, 6.07) is 0. The Morgan fingerprint density at radius 3 is 1.80 bits per heavy atom. The van der Waals surface area contributed by atoms with E-state index in [2.05, 4.69) is 14.8 Å². The highest BCUT2D eigenvalue weighted by Crippen LogP contribution is 2.21. The molecule has 0 heterocycles. The summed E-state index contributed by atoms with van der Waals surface area (Å²) in [5.41, 5.74) is 0. The predicted octanol–water partition coefficient (Wildman–Crippen LogP) is 1.66. The van der Waals surface area contributed by atoms with Crippen LogP contribution >= 0.6 is 14.8 Å². The van der Waals surface area contributed by atoms with Crippen molar-refractivity contribution in [2.75, 3.05) is 5.75 Å². The molecule has 0 unspecified atom stereocenters. The topological polar surface area (TPSA) is 34.1 Å². The molecule has 0 saturated carbocycles. The highest BCUT2D eigenvalue weighted by Gasteiger charge is 2.28. The fraction of sp³-hybridized carbons (Fsp3) is 1.00. The van der Waals surface area contributed by atoms with Crippen LogP contribution in [0.3, 0.4) is 0 Å². The summed E-state index contributed by atoms with van der Waals surface area (Å²) < 4.78 is 54.1. The van der Waals surface area contributed by atoms with Gasteiger partial charge in [-0.2, -0.15) is 13.2 Å². The molecule has 0 bridgehead atoms. The number of alkyl halides is 3. The third-order valence-corrected chi connectivity index (χ3v) is 2.29. The van der Waals surface area contributed by atoms with Crippen LogP contribution in [0.2, 0.25) is 0 Å². The number of hydrogen-bond acceptors (Lipinski definition) is 2. The van der Waals surface area contributed by atoms with Crippen molar-refractivity contribution in [3.8, 4) is 0 Å². The van der Waals surface area contributed by atoms with Crippen molar-refractivity contribution in [3.05, 3.63) is 0 Å². The van der Waals surface area contributed by atoms with E-state index in [1.165, 1.54) is 0 Å². The van der Waals surface area contributed by atoms with Gasteiger partial charge in [0, 0.05) is 0 Å². The largest absolute Gasteiger partial charge is 0.390 e. The summed E-state index contributed by atoms with van der Waals surface area (Å²) in [7, 11) is -3.66. The second-order valence-electron chi connectivity index (χ2n) is 1.61. The van der Waals surface area contributed by atoms with Gasteiger partial charge < -0.3 is 0 Å². The fourth-order valence-corrected chi connectivity index (χ4v) is 1.20. The lowest BCUT2D eigenvalue weighted by Crippen LogP contribution is -2.12. The summed E-state index contributed by atoms with van der Waals surface area (Å²) in [6.45, 7) is 0. The third kappa shape index (κ3) is 8.22. The smallest absolute Gasteiger partial charge is 0.217 e. The van der Waals surface area contributed by atoms with Crippen molar-refractivity contribution in [1.82, 2.24) is 0 Å². The number of rotatable bonds is 2. The van der Waals surface area contributed by atoms with Gasteiger partial charge in [-0.15, -0.1) is 0 Å². The average Bonchev–Trinajstić information content (AvgIpc) is 1.57. The molecule has 0 aliphatic heterocycles. The Kier molecular flexibility index (Phi) is 3.15. The third-order valence-electron chi connectivity index (χ3n) is 0.629. The van der Waals surface area contributed by atoms with Gasteiger partial charge in [-0.1, -0.05) is 0 Å². The van der Waals surface area contributed by atoms with E-state index in [0.717, 1.165) is 0 Å². The van der Waals surface area contributed by atoms with Gasteiger partial charge in [0.15, 0.2) is 0 Å².